The molecule has 0 bridgehead atoms. The second-order valence-electron chi connectivity index (χ2n) is 2.89. The van der Waals surface area contributed by atoms with Crippen molar-refractivity contribution in [3.05, 3.63) is 23.8 Å². The minimum absolute atomic E-state index is 0.309. The van der Waals surface area contributed by atoms with E-state index in [9.17, 15) is 4.79 Å². The fourth-order valence-corrected chi connectivity index (χ4v) is 1.12. The first-order valence-corrected chi connectivity index (χ1v) is 4.41. The highest BCUT2D eigenvalue weighted by Gasteiger charge is 2.12. The van der Waals surface area contributed by atoms with Crippen LogP contribution in [-0.2, 0) is 0 Å². The van der Waals surface area contributed by atoms with Gasteiger partial charge < -0.3 is 9.47 Å². The number of methoxy groups -OCH3 is 1. The van der Waals surface area contributed by atoms with Crippen LogP contribution in [0.25, 0.3) is 0 Å². The van der Waals surface area contributed by atoms with Gasteiger partial charge in [-0.05, 0) is 19.1 Å². The Balaban J connectivity index is 3.11. The molecule has 1 atom stereocenters. The summed E-state index contributed by atoms with van der Waals surface area (Å²) in [6, 6.07) is 6.89. The summed E-state index contributed by atoms with van der Waals surface area (Å²) in [6.45, 7) is 1.60. The van der Waals surface area contributed by atoms with Crippen LogP contribution in [0.2, 0.25) is 0 Å². The molecule has 0 aliphatic rings. The average molecular weight is 205 g/mol. The number of carbonyl (C=O) groups excluding carboxylic acids is 1. The van der Waals surface area contributed by atoms with E-state index in [1.807, 2.05) is 6.07 Å². The monoisotopic (exact) mass is 205 g/mol. The van der Waals surface area contributed by atoms with Crippen molar-refractivity contribution in [3.8, 4) is 17.6 Å². The molecule has 0 saturated heterocycles. The Morgan fingerprint density at radius 2 is 2.27 bits per heavy atom. The maximum atomic E-state index is 10.7. The summed E-state index contributed by atoms with van der Waals surface area (Å²) in [4.78, 5) is 10.7. The molecule has 0 radical (unpaired) electrons. The molecule has 4 heteroatoms. The molecule has 0 spiro atoms. The maximum absolute atomic E-state index is 10.7. The van der Waals surface area contributed by atoms with Gasteiger partial charge in [0.15, 0.2) is 23.9 Å². The lowest BCUT2D eigenvalue weighted by Crippen LogP contribution is -2.10. The van der Waals surface area contributed by atoms with Crippen molar-refractivity contribution in [2.45, 2.75) is 13.0 Å². The van der Waals surface area contributed by atoms with Crippen molar-refractivity contribution in [2.24, 2.45) is 0 Å². The minimum Gasteiger partial charge on any atom is -0.493 e. The largest absolute Gasteiger partial charge is 0.493 e. The van der Waals surface area contributed by atoms with Crippen LogP contribution in [0.5, 0.6) is 11.5 Å². The number of hydrogen-bond acceptors (Lipinski definition) is 4. The van der Waals surface area contributed by atoms with Crippen LogP contribution in [0.1, 0.15) is 17.3 Å². The lowest BCUT2D eigenvalue weighted by molar-refractivity contribution is 0.111. The summed E-state index contributed by atoms with van der Waals surface area (Å²) in [7, 11) is 1.48. The normalized spacial score (nSPS) is 11.3. The van der Waals surface area contributed by atoms with Gasteiger partial charge in [-0.1, -0.05) is 6.07 Å². The Morgan fingerprint density at radius 3 is 2.80 bits per heavy atom. The molecule has 1 rings (SSSR count). The zero-order valence-corrected chi connectivity index (χ0v) is 8.56. The molecule has 0 heterocycles. The highest BCUT2D eigenvalue weighted by molar-refractivity contribution is 5.81. The van der Waals surface area contributed by atoms with Gasteiger partial charge in [-0.25, -0.2) is 0 Å². The molecule has 15 heavy (non-hydrogen) atoms. The van der Waals surface area contributed by atoms with E-state index in [2.05, 4.69) is 0 Å². The van der Waals surface area contributed by atoms with Crippen LogP contribution in [0.3, 0.4) is 0 Å². The van der Waals surface area contributed by atoms with E-state index < -0.39 is 6.10 Å². The van der Waals surface area contributed by atoms with E-state index in [4.69, 9.17) is 14.7 Å². The molecule has 1 unspecified atom stereocenters. The van der Waals surface area contributed by atoms with Crippen molar-refractivity contribution >= 4 is 6.29 Å². The number of nitrogens with zero attached hydrogens (tertiary/aromatic N) is 1. The summed E-state index contributed by atoms with van der Waals surface area (Å²) >= 11 is 0. The molecule has 0 aliphatic heterocycles. The van der Waals surface area contributed by atoms with E-state index in [-0.39, 0.29) is 0 Å². The average Bonchev–Trinajstić information content (AvgIpc) is 2.29. The van der Waals surface area contributed by atoms with Crippen molar-refractivity contribution in [1.29, 1.82) is 5.26 Å². The molecular formula is C11H11NO3. The van der Waals surface area contributed by atoms with Gasteiger partial charge in [-0.3, -0.25) is 4.79 Å². The summed E-state index contributed by atoms with van der Waals surface area (Å²) in [6.07, 6.45) is 0.0436. The highest BCUT2D eigenvalue weighted by Crippen LogP contribution is 2.30. The number of benzene rings is 1. The topological polar surface area (TPSA) is 59.3 Å². The Morgan fingerprint density at radius 1 is 1.53 bits per heavy atom. The molecular weight excluding hydrogens is 194 g/mol. The fraction of sp³-hybridized carbons (Fsp3) is 0.273. The van der Waals surface area contributed by atoms with Gasteiger partial charge in [0.2, 0.25) is 0 Å². The van der Waals surface area contributed by atoms with Gasteiger partial charge in [-0.15, -0.1) is 0 Å². The first-order chi connectivity index (χ1) is 7.22. The van der Waals surface area contributed by atoms with E-state index in [1.54, 1.807) is 25.1 Å². The number of carbonyl (C=O) groups is 1. The van der Waals surface area contributed by atoms with Crippen LogP contribution < -0.4 is 9.47 Å². The standard InChI is InChI=1S/C11H11NO3/c1-8(6-12)15-11-9(7-13)4-3-5-10(11)14-2/h3-5,7-8H,1-2H3. The molecule has 0 aromatic heterocycles. The van der Waals surface area contributed by atoms with Gasteiger partial charge >= 0.3 is 0 Å². The number of ether oxygens (including phenoxy) is 2. The first-order valence-electron chi connectivity index (χ1n) is 4.41. The lowest BCUT2D eigenvalue weighted by Gasteiger charge is -2.13. The zero-order chi connectivity index (χ0) is 11.3. The van der Waals surface area contributed by atoms with E-state index in [0.29, 0.717) is 23.3 Å². The molecule has 78 valence electrons. The summed E-state index contributed by atoms with van der Waals surface area (Å²) in [5.74, 6) is 0.755. The van der Waals surface area contributed by atoms with Crippen LogP contribution in [0.15, 0.2) is 18.2 Å². The molecule has 0 fully saturated rings. The molecule has 0 amide bonds. The number of para-hydroxylation sites is 1. The second kappa shape index (κ2) is 5.01. The Kier molecular flexibility index (Phi) is 3.69. The molecule has 0 saturated carbocycles. The van der Waals surface area contributed by atoms with E-state index in [0.717, 1.165) is 0 Å². The van der Waals surface area contributed by atoms with Crippen LogP contribution >= 0.6 is 0 Å². The van der Waals surface area contributed by atoms with E-state index >= 15 is 0 Å². The van der Waals surface area contributed by atoms with Crippen molar-refractivity contribution in [2.75, 3.05) is 7.11 Å². The lowest BCUT2D eigenvalue weighted by atomic mass is 10.2. The Labute approximate surface area is 88.0 Å². The van der Waals surface area contributed by atoms with E-state index in [1.165, 1.54) is 7.11 Å². The second-order valence-corrected chi connectivity index (χ2v) is 2.89. The van der Waals surface area contributed by atoms with Crippen LogP contribution in [-0.4, -0.2) is 19.5 Å². The van der Waals surface area contributed by atoms with Gasteiger partial charge in [0.05, 0.1) is 12.7 Å². The Hall–Kier alpha value is -2.02. The number of rotatable bonds is 4. The number of nitriles is 1. The molecule has 0 aliphatic carbocycles. The third-order valence-corrected chi connectivity index (χ3v) is 1.83. The van der Waals surface area contributed by atoms with Crippen molar-refractivity contribution in [1.82, 2.24) is 0 Å². The fourth-order valence-electron chi connectivity index (χ4n) is 1.12. The zero-order valence-electron chi connectivity index (χ0n) is 8.56. The number of aldehydes is 1. The summed E-state index contributed by atoms with van der Waals surface area (Å²) in [5.41, 5.74) is 0.372. The molecule has 4 nitrogen and oxygen atoms in total. The third kappa shape index (κ3) is 2.47. The van der Waals surface area contributed by atoms with Gasteiger partial charge in [-0.2, -0.15) is 5.26 Å². The van der Waals surface area contributed by atoms with Gasteiger partial charge in [0, 0.05) is 0 Å². The molecule has 1 aromatic carbocycles. The smallest absolute Gasteiger partial charge is 0.181 e. The third-order valence-electron chi connectivity index (χ3n) is 1.83. The predicted molar refractivity (Wildman–Crippen MR) is 54.1 cm³/mol. The van der Waals surface area contributed by atoms with Crippen LogP contribution in [0.4, 0.5) is 0 Å². The van der Waals surface area contributed by atoms with Crippen molar-refractivity contribution in [3.63, 3.8) is 0 Å². The van der Waals surface area contributed by atoms with Gasteiger partial charge in [0.25, 0.3) is 0 Å². The highest BCUT2D eigenvalue weighted by atomic mass is 16.5. The molecule has 1 aromatic rings. The summed E-state index contributed by atoms with van der Waals surface area (Å²) in [5, 5.41) is 8.62. The number of hydrogen-bond donors (Lipinski definition) is 0. The minimum atomic E-state index is -0.625. The quantitative estimate of drug-likeness (QED) is 0.703. The van der Waals surface area contributed by atoms with Crippen molar-refractivity contribution < 1.29 is 14.3 Å². The first kappa shape index (κ1) is 11.1. The predicted octanol–water partition coefficient (Wildman–Crippen LogP) is 1.80. The Bertz CT molecular complexity index is 395. The maximum Gasteiger partial charge on any atom is 0.181 e. The summed E-state index contributed by atoms with van der Waals surface area (Å²) < 4.78 is 10.3. The van der Waals surface area contributed by atoms with Crippen LogP contribution in [0, 0.1) is 11.3 Å². The SMILES string of the molecule is COc1cccc(C=O)c1OC(C)C#N. The van der Waals surface area contributed by atoms with Gasteiger partial charge in [0.1, 0.15) is 6.07 Å². The molecule has 0 N–H and O–H groups in total.